The molecule has 0 bridgehead atoms. The molecule has 1 aromatic carbocycles. The van der Waals surface area contributed by atoms with Crippen LogP contribution in [0.15, 0.2) is 22.7 Å². The molecule has 4 heterocycles. The van der Waals surface area contributed by atoms with Crippen molar-refractivity contribution in [3.8, 4) is 11.5 Å². The fourth-order valence-electron chi connectivity index (χ4n) is 5.03. The summed E-state index contributed by atoms with van der Waals surface area (Å²) in [4.78, 5) is 7.40. The molecule has 174 valence electrons. The van der Waals surface area contributed by atoms with E-state index < -0.39 is 0 Å². The van der Waals surface area contributed by atoms with Crippen LogP contribution in [0.2, 0.25) is 0 Å². The normalized spacial score (nSPS) is 21.5. The van der Waals surface area contributed by atoms with E-state index in [1.165, 1.54) is 5.56 Å². The lowest BCUT2D eigenvalue weighted by molar-refractivity contribution is 0.0778. The van der Waals surface area contributed by atoms with Crippen molar-refractivity contribution in [2.24, 2.45) is 0 Å². The molecule has 0 aliphatic carbocycles. The minimum absolute atomic E-state index is 0.0910. The van der Waals surface area contributed by atoms with Crippen LogP contribution in [0, 0.1) is 0 Å². The molecule has 3 aliphatic heterocycles. The number of benzene rings is 1. The fourth-order valence-corrected chi connectivity index (χ4v) is 5.03. The van der Waals surface area contributed by atoms with Crippen LogP contribution in [0.3, 0.4) is 0 Å². The van der Waals surface area contributed by atoms with Gasteiger partial charge in [-0.15, -0.1) is 0 Å². The van der Waals surface area contributed by atoms with E-state index in [0.29, 0.717) is 25.7 Å². The standard InChI is InChI=1S/C24H33N3O5/c1-28-13-8-24(23-25-22(32-26-23)19-4-11-29-12-5-19)6-9-27(10-7-24)17-18-2-3-20-21(16-18)31-15-14-30-20/h2-3,16,19H,4-15,17H2,1H3. The molecule has 0 unspecified atom stereocenters. The lowest BCUT2D eigenvalue weighted by Gasteiger charge is -2.40. The third-order valence-corrected chi connectivity index (χ3v) is 7.10. The van der Waals surface area contributed by atoms with Gasteiger partial charge in [-0.05, 0) is 62.9 Å². The summed E-state index contributed by atoms with van der Waals surface area (Å²) in [6.45, 7) is 6.34. The van der Waals surface area contributed by atoms with Gasteiger partial charge < -0.3 is 23.5 Å². The molecule has 0 radical (unpaired) electrons. The molecule has 3 aliphatic rings. The Hall–Kier alpha value is -2.16. The topological polar surface area (TPSA) is 79.1 Å². The van der Waals surface area contributed by atoms with Gasteiger partial charge in [0.2, 0.25) is 5.89 Å². The number of likely N-dealkylation sites (tertiary alicyclic amines) is 1. The van der Waals surface area contributed by atoms with Crippen molar-refractivity contribution >= 4 is 0 Å². The molecule has 0 N–H and O–H groups in total. The van der Waals surface area contributed by atoms with Crippen LogP contribution < -0.4 is 9.47 Å². The zero-order valence-corrected chi connectivity index (χ0v) is 18.9. The number of ether oxygens (including phenoxy) is 4. The Morgan fingerprint density at radius 1 is 1.06 bits per heavy atom. The Bertz CT molecular complexity index is 888. The van der Waals surface area contributed by atoms with Gasteiger partial charge in [-0.1, -0.05) is 11.2 Å². The van der Waals surface area contributed by atoms with Crippen molar-refractivity contribution in [3.63, 3.8) is 0 Å². The Labute approximate surface area is 189 Å². The number of piperidine rings is 1. The van der Waals surface area contributed by atoms with Gasteiger partial charge in [0.15, 0.2) is 17.3 Å². The average molecular weight is 444 g/mol. The van der Waals surface area contributed by atoms with Crippen LogP contribution in [0.1, 0.15) is 55.3 Å². The molecule has 0 spiro atoms. The predicted molar refractivity (Wildman–Crippen MR) is 117 cm³/mol. The quantitative estimate of drug-likeness (QED) is 0.645. The fraction of sp³-hybridized carbons (Fsp3) is 0.667. The monoisotopic (exact) mass is 443 g/mol. The number of methoxy groups -OCH3 is 1. The van der Waals surface area contributed by atoms with E-state index in [-0.39, 0.29) is 5.41 Å². The number of nitrogens with zero attached hydrogens (tertiary/aromatic N) is 3. The zero-order chi connectivity index (χ0) is 21.8. The van der Waals surface area contributed by atoms with Gasteiger partial charge in [0.25, 0.3) is 0 Å². The second-order valence-corrected chi connectivity index (χ2v) is 9.12. The van der Waals surface area contributed by atoms with Gasteiger partial charge in [0, 0.05) is 44.8 Å². The maximum Gasteiger partial charge on any atom is 0.229 e. The third kappa shape index (κ3) is 4.63. The molecule has 1 aromatic heterocycles. The molecule has 2 aromatic rings. The molecule has 0 atom stereocenters. The molecule has 0 saturated carbocycles. The zero-order valence-electron chi connectivity index (χ0n) is 18.9. The summed E-state index contributed by atoms with van der Waals surface area (Å²) < 4.78 is 28.1. The second kappa shape index (κ2) is 9.77. The van der Waals surface area contributed by atoms with Crippen molar-refractivity contribution in [1.82, 2.24) is 15.0 Å². The van der Waals surface area contributed by atoms with Gasteiger partial charge >= 0.3 is 0 Å². The summed E-state index contributed by atoms with van der Waals surface area (Å²) in [7, 11) is 1.76. The lowest BCUT2D eigenvalue weighted by atomic mass is 9.75. The molecule has 0 amide bonds. The Morgan fingerprint density at radius 2 is 1.84 bits per heavy atom. The largest absolute Gasteiger partial charge is 0.486 e. The van der Waals surface area contributed by atoms with Crippen molar-refractivity contribution in [3.05, 3.63) is 35.5 Å². The van der Waals surface area contributed by atoms with Crippen LogP contribution >= 0.6 is 0 Å². The van der Waals surface area contributed by atoms with Crippen molar-refractivity contribution in [2.75, 3.05) is 53.2 Å². The minimum Gasteiger partial charge on any atom is -0.486 e. The summed E-state index contributed by atoms with van der Waals surface area (Å²) in [6.07, 6.45) is 4.81. The van der Waals surface area contributed by atoms with E-state index in [4.69, 9.17) is 28.5 Å². The third-order valence-electron chi connectivity index (χ3n) is 7.10. The SMILES string of the molecule is COCCC1(c2noc(C3CCOCC3)n2)CCN(Cc2ccc3c(c2)OCCO3)CC1. The highest BCUT2D eigenvalue weighted by molar-refractivity contribution is 5.43. The first-order valence-corrected chi connectivity index (χ1v) is 11.8. The summed E-state index contributed by atoms with van der Waals surface area (Å²) in [6, 6.07) is 6.27. The molecule has 8 heteroatoms. The lowest BCUT2D eigenvalue weighted by Crippen LogP contribution is -2.43. The van der Waals surface area contributed by atoms with Crippen molar-refractivity contribution in [1.29, 1.82) is 0 Å². The Kier molecular flexibility index (Phi) is 6.62. The van der Waals surface area contributed by atoms with Crippen LogP contribution in [-0.4, -0.2) is 68.3 Å². The smallest absolute Gasteiger partial charge is 0.229 e. The van der Waals surface area contributed by atoms with Gasteiger partial charge in [-0.3, -0.25) is 4.90 Å². The van der Waals surface area contributed by atoms with Gasteiger partial charge in [0.05, 0.1) is 0 Å². The highest BCUT2D eigenvalue weighted by Crippen LogP contribution is 2.39. The van der Waals surface area contributed by atoms with Crippen LogP contribution in [0.25, 0.3) is 0 Å². The van der Waals surface area contributed by atoms with Gasteiger partial charge in [0.1, 0.15) is 13.2 Å². The molecular weight excluding hydrogens is 410 g/mol. The van der Waals surface area contributed by atoms with Crippen molar-refractivity contribution < 1.29 is 23.5 Å². The van der Waals surface area contributed by atoms with E-state index in [1.807, 2.05) is 6.07 Å². The molecule has 32 heavy (non-hydrogen) atoms. The number of aromatic nitrogens is 2. The summed E-state index contributed by atoms with van der Waals surface area (Å²) in [5, 5.41) is 4.47. The molecule has 8 nitrogen and oxygen atoms in total. The highest BCUT2D eigenvalue weighted by Gasteiger charge is 2.40. The maximum absolute atomic E-state index is 5.75. The Morgan fingerprint density at radius 3 is 2.62 bits per heavy atom. The number of fused-ring (bicyclic) bond motifs is 1. The first kappa shape index (κ1) is 21.7. The van der Waals surface area contributed by atoms with Gasteiger partial charge in [-0.25, -0.2) is 0 Å². The minimum atomic E-state index is -0.0910. The first-order valence-electron chi connectivity index (χ1n) is 11.8. The number of rotatable bonds is 7. The van der Waals surface area contributed by atoms with Crippen molar-refractivity contribution in [2.45, 2.75) is 50.0 Å². The molecular formula is C24H33N3O5. The van der Waals surface area contributed by atoms with E-state index in [0.717, 1.165) is 88.2 Å². The summed E-state index contributed by atoms with van der Waals surface area (Å²) in [5.74, 6) is 3.65. The van der Waals surface area contributed by atoms with E-state index in [1.54, 1.807) is 7.11 Å². The van der Waals surface area contributed by atoms with Crippen LogP contribution in [-0.2, 0) is 21.4 Å². The van der Waals surface area contributed by atoms with E-state index in [2.05, 4.69) is 22.2 Å². The van der Waals surface area contributed by atoms with Crippen LogP contribution in [0.5, 0.6) is 11.5 Å². The maximum atomic E-state index is 5.75. The van der Waals surface area contributed by atoms with E-state index >= 15 is 0 Å². The van der Waals surface area contributed by atoms with E-state index in [9.17, 15) is 0 Å². The molecule has 2 fully saturated rings. The van der Waals surface area contributed by atoms with Crippen LogP contribution in [0.4, 0.5) is 0 Å². The second-order valence-electron chi connectivity index (χ2n) is 9.12. The first-order chi connectivity index (χ1) is 15.8. The predicted octanol–water partition coefficient (Wildman–Crippen LogP) is 3.31. The number of hydrogen-bond donors (Lipinski definition) is 0. The Balaban J connectivity index is 1.25. The van der Waals surface area contributed by atoms with Gasteiger partial charge in [-0.2, -0.15) is 4.98 Å². The summed E-state index contributed by atoms with van der Waals surface area (Å²) >= 11 is 0. The molecule has 5 rings (SSSR count). The number of hydrogen-bond acceptors (Lipinski definition) is 8. The molecule has 2 saturated heterocycles. The highest BCUT2D eigenvalue weighted by atomic mass is 16.6. The summed E-state index contributed by atoms with van der Waals surface area (Å²) in [5.41, 5.74) is 1.16. The average Bonchev–Trinajstić information content (AvgIpc) is 3.35.